The van der Waals surface area contributed by atoms with Crippen LogP contribution in [0.15, 0.2) is 37.2 Å². The predicted molar refractivity (Wildman–Crippen MR) is 62.3 cm³/mol. The summed E-state index contributed by atoms with van der Waals surface area (Å²) >= 11 is 0. The number of hydrogen-bond acceptors (Lipinski definition) is 2. The van der Waals surface area contributed by atoms with Crippen LogP contribution >= 0.6 is 0 Å². The lowest BCUT2D eigenvalue weighted by Crippen LogP contribution is -2.00. The van der Waals surface area contributed by atoms with Crippen LogP contribution in [0.2, 0.25) is 0 Å². The smallest absolute Gasteiger partial charge is 0.149 e. The summed E-state index contributed by atoms with van der Waals surface area (Å²) in [6.07, 6.45) is 4.97. The van der Waals surface area contributed by atoms with Crippen LogP contribution in [-0.4, -0.2) is 9.78 Å². The van der Waals surface area contributed by atoms with Crippen LogP contribution < -0.4 is 5.32 Å². The molecule has 2 rings (SSSR count). The second-order valence-electron chi connectivity index (χ2n) is 3.49. The van der Waals surface area contributed by atoms with E-state index in [-0.39, 0.29) is 5.69 Å². The normalized spacial score (nSPS) is 10.2. The molecule has 0 fully saturated rings. The quantitative estimate of drug-likeness (QED) is 0.883. The zero-order valence-electron chi connectivity index (χ0n) is 9.03. The van der Waals surface area contributed by atoms with Gasteiger partial charge in [-0.15, -0.1) is 0 Å². The monoisotopic (exact) mass is 235 g/mol. The Labute approximate surface area is 97.4 Å². The van der Waals surface area contributed by atoms with Gasteiger partial charge in [0.2, 0.25) is 0 Å². The maximum atomic E-state index is 13.3. The molecular formula is C12H11F2N3. The van der Waals surface area contributed by atoms with E-state index in [4.69, 9.17) is 0 Å². The second kappa shape index (κ2) is 4.78. The first-order valence-corrected chi connectivity index (χ1v) is 5.03. The topological polar surface area (TPSA) is 29.9 Å². The molecule has 0 aliphatic rings. The highest BCUT2D eigenvalue weighted by atomic mass is 19.1. The van der Waals surface area contributed by atoms with E-state index in [0.717, 1.165) is 11.6 Å². The molecule has 3 nitrogen and oxygen atoms in total. The molecule has 5 heteroatoms. The van der Waals surface area contributed by atoms with Gasteiger partial charge in [0.1, 0.15) is 11.6 Å². The minimum atomic E-state index is -0.610. The third kappa shape index (κ3) is 2.69. The third-order valence-corrected chi connectivity index (χ3v) is 2.26. The Morgan fingerprint density at radius 1 is 1.41 bits per heavy atom. The minimum absolute atomic E-state index is 0.262. The van der Waals surface area contributed by atoms with Gasteiger partial charge in [0.05, 0.1) is 11.9 Å². The number of aromatic nitrogens is 2. The van der Waals surface area contributed by atoms with Crippen LogP contribution in [0.1, 0.15) is 5.56 Å². The molecule has 1 aromatic carbocycles. The fourth-order valence-corrected chi connectivity index (χ4v) is 1.40. The molecule has 0 saturated heterocycles. The lowest BCUT2D eigenvalue weighted by Gasteiger charge is -2.05. The van der Waals surface area contributed by atoms with E-state index in [0.29, 0.717) is 6.54 Å². The van der Waals surface area contributed by atoms with E-state index in [9.17, 15) is 8.78 Å². The summed E-state index contributed by atoms with van der Waals surface area (Å²) in [5.41, 5.74) is 1.14. The summed E-state index contributed by atoms with van der Waals surface area (Å²) in [6.45, 7) is 3.98. The SMILES string of the molecule is C=Cn1cc(CNc2ccc(F)cc2F)cn1. The van der Waals surface area contributed by atoms with Crippen LogP contribution in [0.25, 0.3) is 6.20 Å². The van der Waals surface area contributed by atoms with Crippen molar-refractivity contribution >= 4 is 11.9 Å². The van der Waals surface area contributed by atoms with Crippen molar-refractivity contribution in [3.8, 4) is 0 Å². The Morgan fingerprint density at radius 3 is 2.88 bits per heavy atom. The van der Waals surface area contributed by atoms with Crippen molar-refractivity contribution in [2.24, 2.45) is 0 Å². The first-order valence-electron chi connectivity index (χ1n) is 5.03. The summed E-state index contributed by atoms with van der Waals surface area (Å²) in [4.78, 5) is 0. The zero-order valence-corrected chi connectivity index (χ0v) is 9.03. The zero-order chi connectivity index (χ0) is 12.3. The molecule has 0 atom stereocenters. The highest BCUT2D eigenvalue weighted by Gasteiger charge is 2.03. The van der Waals surface area contributed by atoms with Gasteiger partial charge in [-0.2, -0.15) is 5.10 Å². The molecule has 1 aromatic heterocycles. The number of anilines is 1. The van der Waals surface area contributed by atoms with Gasteiger partial charge in [-0.05, 0) is 12.1 Å². The van der Waals surface area contributed by atoms with E-state index < -0.39 is 11.6 Å². The Balaban J connectivity index is 2.04. The number of nitrogens with zero attached hydrogens (tertiary/aromatic N) is 2. The Morgan fingerprint density at radius 2 is 2.24 bits per heavy atom. The molecule has 0 aliphatic heterocycles. The molecule has 0 unspecified atom stereocenters. The van der Waals surface area contributed by atoms with Crippen molar-refractivity contribution < 1.29 is 8.78 Å². The number of nitrogens with one attached hydrogen (secondary N) is 1. The molecule has 1 heterocycles. The van der Waals surface area contributed by atoms with E-state index in [2.05, 4.69) is 17.0 Å². The summed E-state index contributed by atoms with van der Waals surface area (Å²) < 4.78 is 27.5. The summed E-state index contributed by atoms with van der Waals surface area (Å²) in [5, 5.41) is 6.85. The summed E-state index contributed by atoms with van der Waals surface area (Å²) in [7, 11) is 0. The van der Waals surface area contributed by atoms with Crippen molar-refractivity contribution in [1.29, 1.82) is 0 Å². The second-order valence-corrected chi connectivity index (χ2v) is 3.49. The molecule has 0 amide bonds. The van der Waals surface area contributed by atoms with Crippen molar-refractivity contribution in [2.45, 2.75) is 6.54 Å². The summed E-state index contributed by atoms with van der Waals surface area (Å²) in [6, 6.07) is 3.41. The van der Waals surface area contributed by atoms with Gasteiger partial charge < -0.3 is 5.32 Å². The average molecular weight is 235 g/mol. The Bertz CT molecular complexity index is 534. The Kier molecular flexibility index (Phi) is 3.18. The van der Waals surface area contributed by atoms with Gasteiger partial charge in [0.25, 0.3) is 0 Å². The van der Waals surface area contributed by atoms with E-state index in [1.165, 1.54) is 12.1 Å². The molecule has 0 radical (unpaired) electrons. The van der Waals surface area contributed by atoms with Crippen molar-refractivity contribution in [3.05, 3.63) is 54.4 Å². The largest absolute Gasteiger partial charge is 0.378 e. The first kappa shape index (κ1) is 11.3. The van der Waals surface area contributed by atoms with Gasteiger partial charge >= 0.3 is 0 Å². The molecule has 0 aliphatic carbocycles. The standard InChI is InChI=1S/C12H11F2N3/c1-2-17-8-9(7-16-17)6-15-12-4-3-10(13)5-11(12)14/h2-5,7-8,15H,1,6H2. The first-order chi connectivity index (χ1) is 8.19. The average Bonchev–Trinajstić information content (AvgIpc) is 2.76. The van der Waals surface area contributed by atoms with Crippen molar-refractivity contribution in [1.82, 2.24) is 9.78 Å². The molecule has 17 heavy (non-hydrogen) atoms. The minimum Gasteiger partial charge on any atom is -0.378 e. The van der Waals surface area contributed by atoms with Crippen molar-refractivity contribution in [3.63, 3.8) is 0 Å². The highest BCUT2D eigenvalue weighted by Crippen LogP contribution is 2.15. The van der Waals surface area contributed by atoms with Crippen LogP contribution in [0.4, 0.5) is 14.5 Å². The summed E-state index contributed by atoms with van der Waals surface area (Å²) in [5.74, 6) is -1.20. The number of halogens is 2. The van der Waals surface area contributed by atoms with Gasteiger partial charge in [-0.3, -0.25) is 0 Å². The number of benzene rings is 1. The van der Waals surface area contributed by atoms with E-state index >= 15 is 0 Å². The van der Waals surface area contributed by atoms with Crippen LogP contribution in [0.3, 0.4) is 0 Å². The number of hydrogen-bond donors (Lipinski definition) is 1. The van der Waals surface area contributed by atoms with Crippen LogP contribution in [0.5, 0.6) is 0 Å². The molecule has 88 valence electrons. The molecule has 2 aromatic rings. The molecule has 0 saturated carbocycles. The lowest BCUT2D eigenvalue weighted by molar-refractivity contribution is 0.585. The third-order valence-electron chi connectivity index (χ3n) is 2.26. The molecular weight excluding hydrogens is 224 g/mol. The fourth-order valence-electron chi connectivity index (χ4n) is 1.40. The van der Waals surface area contributed by atoms with Crippen LogP contribution in [-0.2, 0) is 6.54 Å². The van der Waals surface area contributed by atoms with Gasteiger partial charge in [0, 0.05) is 30.6 Å². The number of rotatable bonds is 4. The van der Waals surface area contributed by atoms with Gasteiger partial charge in [-0.25, -0.2) is 13.5 Å². The maximum Gasteiger partial charge on any atom is 0.149 e. The maximum absolute atomic E-state index is 13.3. The molecule has 0 spiro atoms. The molecule has 1 N–H and O–H groups in total. The van der Waals surface area contributed by atoms with Gasteiger partial charge in [-0.1, -0.05) is 6.58 Å². The highest BCUT2D eigenvalue weighted by molar-refractivity contribution is 5.45. The Hall–Kier alpha value is -2.17. The van der Waals surface area contributed by atoms with E-state index in [1.807, 2.05) is 0 Å². The van der Waals surface area contributed by atoms with Crippen LogP contribution in [0, 0.1) is 11.6 Å². The predicted octanol–water partition coefficient (Wildman–Crippen LogP) is 2.87. The lowest BCUT2D eigenvalue weighted by atomic mass is 10.2. The van der Waals surface area contributed by atoms with Gasteiger partial charge in [0.15, 0.2) is 0 Å². The van der Waals surface area contributed by atoms with E-state index in [1.54, 1.807) is 23.3 Å². The van der Waals surface area contributed by atoms with Crippen molar-refractivity contribution in [2.75, 3.05) is 5.32 Å². The molecule has 0 bridgehead atoms. The fraction of sp³-hybridized carbons (Fsp3) is 0.0833.